The van der Waals surface area contributed by atoms with Gasteiger partial charge in [-0.05, 0) is 6.07 Å². The van der Waals surface area contributed by atoms with Gasteiger partial charge < -0.3 is 0 Å². The van der Waals surface area contributed by atoms with Gasteiger partial charge in [-0.1, -0.05) is 0 Å². The van der Waals surface area contributed by atoms with Crippen LogP contribution < -0.4 is 0 Å². The van der Waals surface area contributed by atoms with Crippen molar-refractivity contribution in [2.75, 3.05) is 0 Å². The van der Waals surface area contributed by atoms with Crippen molar-refractivity contribution in [2.24, 2.45) is 0 Å². The third kappa shape index (κ3) is 2.19. The van der Waals surface area contributed by atoms with Crippen molar-refractivity contribution in [2.45, 2.75) is 6.18 Å². The van der Waals surface area contributed by atoms with Crippen LogP contribution in [0, 0.1) is 15.5 Å². The summed E-state index contributed by atoms with van der Waals surface area (Å²) in [6, 6.07) is 1.59. The number of diazo groups is 1. The largest absolute Gasteiger partial charge is 0.461 e. The summed E-state index contributed by atoms with van der Waals surface area (Å²) in [6.07, 6.45) is -4.63. The van der Waals surface area contributed by atoms with E-state index in [0.717, 1.165) is 0 Å². The maximum Gasteiger partial charge on any atom is 0.461 e. The molecule has 1 aromatic rings. The molecule has 8 heteroatoms. The summed E-state index contributed by atoms with van der Waals surface area (Å²) in [5, 5.41) is 18.6. The topological polar surface area (TPSA) is 71.3 Å². The van der Waals surface area contributed by atoms with E-state index in [9.17, 15) is 23.3 Å². The maximum atomic E-state index is 12.1. The van der Waals surface area contributed by atoms with Gasteiger partial charge in [0.2, 0.25) is 5.39 Å². The summed E-state index contributed by atoms with van der Waals surface area (Å²) >= 11 is 0. The molecule has 0 saturated carbocycles. The molecule has 0 aliphatic rings. The molecule has 0 spiro atoms. The highest BCUT2D eigenvalue weighted by Gasteiger charge is 2.35. The van der Waals surface area contributed by atoms with Gasteiger partial charge in [0.15, 0.2) is 4.98 Å². The Labute approximate surface area is 80.9 Å². The maximum absolute atomic E-state index is 12.1. The molecule has 0 aliphatic carbocycles. The van der Waals surface area contributed by atoms with E-state index in [-0.39, 0.29) is 0 Å². The van der Waals surface area contributed by atoms with Crippen molar-refractivity contribution in [3.05, 3.63) is 38.9 Å². The van der Waals surface area contributed by atoms with Gasteiger partial charge in [0.1, 0.15) is 0 Å². The average molecular weight is 218 g/mol. The number of nitro groups is 1. The van der Waals surface area contributed by atoms with Gasteiger partial charge in [-0.25, -0.2) is 0 Å². The number of rotatable bonds is 1. The van der Waals surface area contributed by atoms with Gasteiger partial charge in [0, 0.05) is 6.07 Å². The molecule has 1 aromatic carbocycles. The molecule has 1 rings (SSSR count). The third-order valence-electron chi connectivity index (χ3n) is 1.61. The predicted molar refractivity (Wildman–Crippen MR) is 42.8 cm³/mol. The Kier molecular flexibility index (Phi) is 2.57. The van der Waals surface area contributed by atoms with E-state index in [4.69, 9.17) is 5.39 Å². The molecule has 0 unspecified atom stereocenters. The molecule has 15 heavy (non-hydrogen) atoms. The van der Waals surface area contributed by atoms with Crippen molar-refractivity contribution in [1.82, 2.24) is 0 Å². The Hall–Kier alpha value is -2.17. The van der Waals surface area contributed by atoms with Gasteiger partial charge in [-0.3, -0.25) is 10.1 Å². The zero-order valence-corrected chi connectivity index (χ0v) is 7.02. The molecule has 0 bridgehead atoms. The zero-order valence-electron chi connectivity index (χ0n) is 7.02. The minimum absolute atomic E-state index is 0.401. The van der Waals surface area contributed by atoms with E-state index >= 15 is 0 Å². The molecule has 0 aromatic heterocycles. The lowest BCUT2D eigenvalue weighted by Crippen LogP contribution is -2.04. The van der Waals surface area contributed by atoms with Gasteiger partial charge >= 0.3 is 17.6 Å². The van der Waals surface area contributed by atoms with Crippen LogP contribution in [-0.4, -0.2) is 4.92 Å². The molecule has 5 nitrogen and oxygen atoms in total. The molecule has 0 fully saturated rings. The zero-order chi connectivity index (χ0) is 11.6. The highest BCUT2D eigenvalue weighted by Crippen LogP contribution is 2.35. The molecule has 0 radical (unpaired) electrons. The van der Waals surface area contributed by atoms with Crippen LogP contribution in [0.1, 0.15) is 5.56 Å². The van der Waals surface area contributed by atoms with Gasteiger partial charge in [-0.15, -0.1) is 0 Å². The Morgan fingerprint density at radius 2 is 2.00 bits per heavy atom. The van der Waals surface area contributed by atoms with E-state index in [1.165, 1.54) is 0 Å². The molecule has 0 heterocycles. The highest BCUT2D eigenvalue weighted by molar-refractivity contribution is 5.63. The fourth-order valence-electron chi connectivity index (χ4n) is 0.934. The van der Waals surface area contributed by atoms with Crippen molar-refractivity contribution in [3.63, 3.8) is 0 Å². The first-order valence-electron chi connectivity index (χ1n) is 3.57. The second kappa shape index (κ2) is 3.53. The van der Waals surface area contributed by atoms with Gasteiger partial charge in [0.05, 0.1) is 16.6 Å². The minimum Gasteiger partial charge on any atom is -0.258 e. The summed E-state index contributed by atoms with van der Waals surface area (Å²) in [4.78, 5) is 11.8. The van der Waals surface area contributed by atoms with E-state index in [1.54, 1.807) is 0 Å². The Morgan fingerprint density at radius 1 is 1.40 bits per heavy atom. The molecule has 0 aliphatic heterocycles. The first-order valence-corrected chi connectivity index (χ1v) is 3.57. The smallest absolute Gasteiger partial charge is 0.258 e. The monoisotopic (exact) mass is 218 g/mol. The Bertz CT molecular complexity index is 450. The van der Waals surface area contributed by atoms with Crippen LogP contribution in [0.5, 0.6) is 0 Å². The first-order chi connectivity index (χ1) is 6.86. The molecule has 0 amide bonds. The summed E-state index contributed by atoms with van der Waals surface area (Å²) < 4.78 is 36.4. The molecular formula is C7H3F3N3O2+. The van der Waals surface area contributed by atoms with E-state index in [1.807, 2.05) is 0 Å². The van der Waals surface area contributed by atoms with Crippen molar-refractivity contribution >= 4 is 11.4 Å². The number of nitrogens with zero attached hydrogens (tertiary/aromatic N) is 3. The van der Waals surface area contributed by atoms with E-state index in [2.05, 4.69) is 4.98 Å². The fourth-order valence-corrected chi connectivity index (χ4v) is 0.934. The highest BCUT2D eigenvalue weighted by atomic mass is 19.4. The SMILES string of the molecule is N#[N+]c1cc(C(F)(F)F)ccc1[N+](=O)[O-]. The average Bonchev–Trinajstić information content (AvgIpc) is 2.15. The fraction of sp³-hybridized carbons (Fsp3) is 0.143. The van der Waals surface area contributed by atoms with Crippen LogP contribution in [-0.2, 0) is 6.18 Å². The lowest BCUT2D eigenvalue weighted by atomic mass is 10.1. The molecular weight excluding hydrogens is 215 g/mol. The Balaban J connectivity index is 3.34. The van der Waals surface area contributed by atoms with Crippen molar-refractivity contribution < 1.29 is 18.1 Å². The molecule has 0 N–H and O–H groups in total. The van der Waals surface area contributed by atoms with Crippen LogP contribution in [0.3, 0.4) is 0 Å². The molecule has 0 saturated heterocycles. The predicted octanol–water partition coefficient (Wildman–Crippen LogP) is 3.10. The quantitative estimate of drug-likeness (QED) is 0.413. The number of benzene rings is 1. The summed E-state index contributed by atoms with van der Waals surface area (Å²) in [5.41, 5.74) is -2.53. The van der Waals surface area contributed by atoms with Crippen LogP contribution >= 0.6 is 0 Å². The van der Waals surface area contributed by atoms with E-state index < -0.39 is 28.0 Å². The lowest BCUT2D eigenvalue weighted by molar-refractivity contribution is -0.383. The number of nitro benzene ring substituents is 1. The van der Waals surface area contributed by atoms with E-state index in [0.29, 0.717) is 18.2 Å². The van der Waals surface area contributed by atoms with Crippen LogP contribution in [0.2, 0.25) is 0 Å². The normalized spacial score (nSPS) is 10.8. The van der Waals surface area contributed by atoms with Crippen molar-refractivity contribution in [3.8, 4) is 0 Å². The lowest BCUT2D eigenvalue weighted by Gasteiger charge is -2.03. The minimum atomic E-state index is -4.63. The molecule has 78 valence electrons. The standard InChI is InChI=1S/C7H3F3N3O2/c8-7(9,10)4-1-2-6(13(14)15)5(3-4)12-11/h1-3H/q+1. The van der Waals surface area contributed by atoms with Crippen LogP contribution in [0.25, 0.3) is 4.98 Å². The van der Waals surface area contributed by atoms with Gasteiger partial charge in [-0.2, -0.15) is 13.2 Å². The van der Waals surface area contributed by atoms with Crippen LogP contribution in [0.4, 0.5) is 24.5 Å². The second-order valence-corrected chi connectivity index (χ2v) is 2.56. The number of hydrogen-bond donors (Lipinski definition) is 0. The number of hydrogen-bond acceptors (Lipinski definition) is 3. The second-order valence-electron chi connectivity index (χ2n) is 2.56. The molecule has 0 atom stereocenters. The first kappa shape index (κ1) is 10.9. The van der Waals surface area contributed by atoms with Crippen LogP contribution in [0.15, 0.2) is 18.2 Å². The third-order valence-corrected chi connectivity index (χ3v) is 1.61. The number of alkyl halides is 3. The van der Waals surface area contributed by atoms with Crippen molar-refractivity contribution in [1.29, 1.82) is 5.39 Å². The Morgan fingerprint density at radius 3 is 2.40 bits per heavy atom. The summed E-state index contributed by atoms with van der Waals surface area (Å²) in [7, 11) is 0. The van der Waals surface area contributed by atoms with Gasteiger partial charge in [0.25, 0.3) is 0 Å². The summed E-state index contributed by atoms with van der Waals surface area (Å²) in [6.45, 7) is 0. The number of halogens is 3. The summed E-state index contributed by atoms with van der Waals surface area (Å²) in [5.74, 6) is 0.